The summed E-state index contributed by atoms with van der Waals surface area (Å²) >= 11 is 1.72. The normalized spacial score (nSPS) is 9.64. The first kappa shape index (κ1) is 8.31. The van der Waals surface area contributed by atoms with Crippen molar-refractivity contribution in [3.8, 4) is 5.88 Å². The number of halogens is 1. The molecule has 0 amide bonds. The Morgan fingerprint density at radius 2 is 2.36 bits per heavy atom. The molecule has 60 valence electrons. The zero-order valence-corrected chi connectivity index (χ0v) is 7.84. The van der Waals surface area contributed by atoms with E-state index in [1.54, 1.807) is 29.6 Å². The molecule has 0 bridgehead atoms. The third kappa shape index (κ3) is 1.62. The number of aromatic nitrogens is 2. The van der Waals surface area contributed by atoms with Crippen LogP contribution in [-0.2, 0) is 0 Å². The van der Waals surface area contributed by atoms with Gasteiger partial charge in [-0.05, 0) is 22.6 Å². The molecule has 0 saturated heterocycles. The summed E-state index contributed by atoms with van der Waals surface area (Å²) in [5.74, 6) is 0.00613. The van der Waals surface area contributed by atoms with Crippen LogP contribution in [0.2, 0.25) is 0 Å². The summed E-state index contributed by atoms with van der Waals surface area (Å²) in [4.78, 5) is 17.0. The van der Waals surface area contributed by atoms with E-state index in [9.17, 15) is 4.79 Å². The predicted molar refractivity (Wildman–Crippen MR) is 48.8 cm³/mol. The molecule has 1 heterocycles. The molecule has 11 heavy (non-hydrogen) atoms. The Morgan fingerprint density at radius 3 is 2.82 bits per heavy atom. The molecule has 0 radical (unpaired) electrons. The van der Waals surface area contributed by atoms with Gasteiger partial charge in [-0.15, -0.1) is 0 Å². The Kier molecular flexibility index (Phi) is 2.32. The zero-order valence-electron chi connectivity index (χ0n) is 5.68. The smallest absolute Gasteiger partial charge is 0.269 e. The first-order valence-electron chi connectivity index (χ1n) is 2.81. The molecule has 1 rings (SSSR count). The van der Waals surface area contributed by atoms with Crippen LogP contribution in [0.4, 0.5) is 5.95 Å². The first-order valence-corrected chi connectivity index (χ1v) is 3.89. The lowest BCUT2D eigenvalue weighted by Crippen LogP contribution is -2.13. The van der Waals surface area contributed by atoms with Gasteiger partial charge in [-0.3, -0.25) is 9.78 Å². The summed E-state index contributed by atoms with van der Waals surface area (Å²) in [6.07, 6.45) is 0. The van der Waals surface area contributed by atoms with E-state index in [0.717, 1.165) is 0 Å². The molecule has 0 spiro atoms. The summed E-state index contributed by atoms with van der Waals surface area (Å²) in [7, 11) is 1.60. The van der Waals surface area contributed by atoms with Gasteiger partial charge < -0.3 is 10.4 Å². The molecule has 0 aliphatic heterocycles. The molecule has 0 aliphatic rings. The van der Waals surface area contributed by atoms with Gasteiger partial charge in [-0.2, -0.15) is 4.98 Å². The van der Waals surface area contributed by atoms with Gasteiger partial charge in [0.1, 0.15) is 3.57 Å². The Labute approximate surface area is 76.0 Å². The van der Waals surface area contributed by atoms with Gasteiger partial charge >= 0.3 is 0 Å². The van der Waals surface area contributed by atoms with Crippen molar-refractivity contribution in [2.75, 3.05) is 12.4 Å². The summed E-state index contributed by atoms with van der Waals surface area (Å²) in [5, 5.41) is 11.6. The first-order chi connectivity index (χ1) is 5.15. The monoisotopic (exact) mass is 267 g/mol. The minimum absolute atomic E-state index is 0.196. The molecule has 6 heteroatoms. The molecule has 1 aromatic heterocycles. The molecule has 0 aromatic carbocycles. The Morgan fingerprint density at radius 1 is 1.73 bits per heavy atom. The number of aromatic hydroxyl groups is 1. The van der Waals surface area contributed by atoms with Gasteiger partial charge in [0, 0.05) is 7.05 Å². The van der Waals surface area contributed by atoms with E-state index in [2.05, 4.69) is 15.3 Å². The SMILES string of the molecule is CNc1nc(O)c(I)c(=O)[nH]1. The molecule has 0 fully saturated rings. The summed E-state index contributed by atoms with van der Waals surface area (Å²) < 4.78 is 0.196. The molecular weight excluding hydrogens is 261 g/mol. The average Bonchev–Trinajstić information content (AvgIpc) is 1.99. The molecule has 0 unspecified atom stereocenters. The number of anilines is 1. The number of aromatic amines is 1. The highest BCUT2D eigenvalue weighted by molar-refractivity contribution is 14.1. The number of hydrogen-bond donors (Lipinski definition) is 3. The third-order valence-corrected chi connectivity index (χ3v) is 2.05. The maximum absolute atomic E-state index is 10.9. The van der Waals surface area contributed by atoms with E-state index >= 15 is 0 Å². The Bertz CT molecular complexity index is 322. The minimum Gasteiger partial charge on any atom is -0.492 e. The number of rotatable bonds is 1. The van der Waals surface area contributed by atoms with Gasteiger partial charge in [-0.1, -0.05) is 0 Å². The molecule has 0 saturated carbocycles. The second-order valence-corrected chi connectivity index (χ2v) is 2.88. The van der Waals surface area contributed by atoms with Crippen LogP contribution in [0.1, 0.15) is 0 Å². The number of hydrogen-bond acceptors (Lipinski definition) is 4. The zero-order chi connectivity index (χ0) is 8.43. The van der Waals surface area contributed by atoms with E-state index < -0.39 is 0 Å². The summed E-state index contributed by atoms with van der Waals surface area (Å²) in [6.45, 7) is 0. The van der Waals surface area contributed by atoms with Crippen molar-refractivity contribution in [1.29, 1.82) is 0 Å². The lowest BCUT2D eigenvalue weighted by molar-refractivity contribution is 0.447. The number of nitrogens with zero attached hydrogens (tertiary/aromatic N) is 1. The van der Waals surface area contributed by atoms with E-state index in [1.807, 2.05) is 0 Å². The van der Waals surface area contributed by atoms with E-state index in [-0.39, 0.29) is 21.0 Å². The van der Waals surface area contributed by atoms with Crippen LogP contribution >= 0.6 is 22.6 Å². The number of nitrogens with one attached hydrogen (secondary N) is 2. The van der Waals surface area contributed by atoms with Crippen molar-refractivity contribution in [3.05, 3.63) is 13.9 Å². The molecular formula is C5H6IN3O2. The van der Waals surface area contributed by atoms with Crippen LogP contribution in [0.3, 0.4) is 0 Å². The van der Waals surface area contributed by atoms with Crippen LogP contribution in [0.5, 0.6) is 5.88 Å². The molecule has 3 N–H and O–H groups in total. The van der Waals surface area contributed by atoms with Gasteiger partial charge in [0.25, 0.3) is 5.56 Å². The van der Waals surface area contributed by atoms with E-state index in [0.29, 0.717) is 0 Å². The Hall–Kier alpha value is -0.790. The van der Waals surface area contributed by atoms with Crippen molar-refractivity contribution in [1.82, 2.24) is 9.97 Å². The number of H-pyrrole nitrogens is 1. The van der Waals surface area contributed by atoms with Crippen LogP contribution < -0.4 is 10.9 Å². The van der Waals surface area contributed by atoms with Crippen LogP contribution in [0.15, 0.2) is 4.79 Å². The van der Waals surface area contributed by atoms with Gasteiger partial charge in [0.2, 0.25) is 11.8 Å². The lowest BCUT2D eigenvalue weighted by Gasteiger charge is -1.99. The fourth-order valence-corrected chi connectivity index (χ4v) is 0.821. The predicted octanol–water partition coefficient (Wildman–Crippen LogP) is 0.122. The molecule has 1 aromatic rings. The van der Waals surface area contributed by atoms with Crippen molar-refractivity contribution < 1.29 is 5.11 Å². The maximum atomic E-state index is 10.9. The molecule has 5 nitrogen and oxygen atoms in total. The van der Waals surface area contributed by atoms with Crippen molar-refractivity contribution in [3.63, 3.8) is 0 Å². The summed E-state index contributed by atoms with van der Waals surface area (Å²) in [6, 6.07) is 0. The topological polar surface area (TPSA) is 78.0 Å². The highest BCUT2D eigenvalue weighted by Gasteiger charge is 2.04. The average molecular weight is 267 g/mol. The minimum atomic E-state index is -0.345. The lowest BCUT2D eigenvalue weighted by atomic mass is 10.6. The van der Waals surface area contributed by atoms with E-state index in [4.69, 9.17) is 5.11 Å². The van der Waals surface area contributed by atoms with Crippen LogP contribution in [-0.4, -0.2) is 22.1 Å². The van der Waals surface area contributed by atoms with E-state index in [1.165, 1.54) is 0 Å². The van der Waals surface area contributed by atoms with Gasteiger partial charge in [0.15, 0.2) is 0 Å². The van der Waals surface area contributed by atoms with Crippen molar-refractivity contribution >= 4 is 28.5 Å². The van der Waals surface area contributed by atoms with Gasteiger partial charge in [0.05, 0.1) is 0 Å². The Balaban J connectivity index is 3.32. The highest BCUT2D eigenvalue weighted by Crippen LogP contribution is 2.11. The standard InChI is InChI=1S/C5H6IN3O2/c1-7-5-8-3(10)2(6)4(11)9-5/h1H3,(H3,7,8,9,10,11). The fourth-order valence-electron chi connectivity index (χ4n) is 0.565. The van der Waals surface area contributed by atoms with Gasteiger partial charge in [-0.25, -0.2) is 0 Å². The fraction of sp³-hybridized carbons (Fsp3) is 0.200. The largest absolute Gasteiger partial charge is 0.492 e. The third-order valence-electron chi connectivity index (χ3n) is 1.08. The molecule has 0 aliphatic carbocycles. The van der Waals surface area contributed by atoms with Crippen molar-refractivity contribution in [2.45, 2.75) is 0 Å². The second kappa shape index (κ2) is 3.07. The molecule has 0 atom stereocenters. The quantitative estimate of drug-likeness (QED) is 0.631. The maximum Gasteiger partial charge on any atom is 0.269 e. The van der Waals surface area contributed by atoms with Crippen LogP contribution in [0.25, 0.3) is 0 Å². The van der Waals surface area contributed by atoms with Crippen molar-refractivity contribution in [2.24, 2.45) is 0 Å². The highest BCUT2D eigenvalue weighted by atomic mass is 127. The van der Waals surface area contributed by atoms with Crippen LogP contribution in [0, 0.1) is 3.57 Å². The second-order valence-electron chi connectivity index (χ2n) is 1.80. The summed E-state index contributed by atoms with van der Waals surface area (Å²) in [5.41, 5.74) is -0.345.